The predicted octanol–water partition coefficient (Wildman–Crippen LogP) is 4.20. The van der Waals surface area contributed by atoms with E-state index in [1.54, 1.807) is 0 Å². The van der Waals surface area contributed by atoms with Gasteiger partial charge in [-0.1, -0.05) is 46.0 Å². The van der Waals surface area contributed by atoms with Crippen LogP contribution in [0.2, 0.25) is 0 Å². The molecule has 2 nitrogen and oxygen atoms in total. The maximum absolute atomic E-state index is 5.71. The fourth-order valence-electron chi connectivity index (χ4n) is 1.94. The van der Waals surface area contributed by atoms with Gasteiger partial charge in [-0.15, -0.1) is 0 Å². The maximum Gasteiger partial charge on any atom is 0.182 e. The van der Waals surface area contributed by atoms with E-state index >= 15 is 0 Å². The van der Waals surface area contributed by atoms with Gasteiger partial charge in [0.1, 0.15) is 0 Å². The van der Waals surface area contributed by atoms with E-state index < -0.39 is 0 Å². The average molecular weight is 244 g/mol. The summed E-state index contributed by atoms with van der Waals surface area (Å²) in [5.74, 6) is 0. The van der Waals surface area contributed by atoms with Gasteiger partial charge < -0.3 is 9.22 Å². The SMILES string of the molecule is CCCCCCCC[N+](C)(C)COCCCC. The summed E-state index contributed by atoms with van der Waals surface area (Å²) in [5.41, 5.74) is 0. The standard InChI is InChI=1S/C15H34NO/c1-5-7-9-10-11-12-13-16(3,4)15-17-14-8-6-2/h5-15H2,1-4H3/q+1. The zero-order chi connectivity index (χ0) is 13.0. The minimum absolute atomic E-state index is 0.870. The second-order valence-corrected chi connectivity index (χ2v) is 5.82. The Morgan fingerprint density at radius 2 is 1.35 bits per heavy atom. The Morgan fingerprint density at radius 3 is 2.00 bits per heavy atom. The van der Waals surface area contributed by atoms with Gasteiger partial charge in [0.15, 0.2) is 6.73 Å². The molecule has 0 bridgehead atoms. The van der Waals surface area contributed by atoms with Gasteiger partial charge in [-0.05, 0) is 19.3 Å². The van der Waals surface area contributed by atoms with E-state index in [1.165, 1.54) is 57.9 Å². The lowest BCUT2D eigenvalue weighted by molar-refractivity contribution is -0.909. The van der Waals surface area contributed by atoms with Crippen molar-refractivity contribution in [2.45, 2.75) is 65.2 Å². The molecule has 0 N–H and O–H groups in total. The Balaban J connectivity index is 3.37. The highest BCUT2D eigenvalue weighted by Crippen LogP contribution is 2.08. The number of quaternary nitrogens is 1. The summed E-state index contributed by atoms with van der Waals surface area (Å²) in [6.45, 7) is 7.52. The maximum atomic E-state index is 5.71. The Hall–Kier alpha value is -0.0800. The molecule has 0 aliphatic carbocycles. The first-order valence-electron chi connectivity index (χ1n) is 7.52. The van der Waals surface area contributed by atoms with Crippen LogP contribution in [0.3, 0.4) is 0 Å². The largest absolute Gasteiger partial charge is 0.332 e. The normalized spacial score (nSPS) is 12.0. The zero-order valence-electron chi connectivity index (χ0n) is 12.6. The van der Waals surface area contributed by atoms with E-state index in [1.807, 2.05) is 0 Å². The van der Waals surface area contributed by atoms with Gasteiger partial charge >= 0.3 is 0 Å². The lowest BCUT2D eigenvalue weighted by atomic mass is 10.1. The van der Waals surface area contributed by atoms with Gasteiger partial charge in [-0.2, -0.15) is 0 Å². The van der Waals surface area contributed by atoms with Gasteiger partial charge in [0.2, 0.25) is 0 Å². The number of nitrogens with zero attached hydrogens (tertiary/aromatic N) is 1. The number of hydrogen-bond acceptors (Lipinski definition) is 1. The van der Waals surface area contributed by atoms with E-state index in [-0.39, 0.29) is 0 Å². The molecule has 0 saturated carbocycles. The molecule has 0 heterocycles. The summed E-state index contributed by atoms with van der Waals surface area (Å²) in [6.07, 6.45) is 10.7. The summed E-state index contributed by atoms with van der Waals surface area (Å²) < 4.78 is 6.72. The molecule has 0 radical (unpaired) electrons. The molecule has 0 amide bonds. The van der Waals surface area contributed by atoms with Crippen molar-refractivity contribution in [1.82, 2.24) is 0 Å². The third-order valence-corrected chi connectivity index (χ3v) is 3.20. The highest BCUT2D eigenvalue weighted by atomic mass is 16.5. The summed E-state index contributed by atoms with van der Waals surface area (Å²) in [4.78, 5) is 0. The van der Waals surface area contributed by atoms with E-state index in [2.05, 4.69) is 27.9 Å². The Kier molecular flexibility index (Phi) is 11.0. The smallest absolute Gasteiger partial charge is 0.182 e. The third-order valence-electron chi connectivity index (χ3n) is 3.20. The Bertz CT molecular complexity index is 157. The molecule has 2 heteroatoms. The van der Waals surface area contributed by atoms with E-state index in [0.717, 1.165) is 17.8 Å². The van der Waals surface area contributed by atoms with Crippen molar-refractivity contribution in [3.05, 3.63) is 0 Å². The third kappa shape index (κ3) is 12.2. The first-order valence-corrected chi connectivity index (χ1v) is 7.52. The van der Waals surface area contributed by atoms with Gasteiger partial charge in [-0.3, -0.25) is 0 Å². The molecule has 0 saturated heterocycles. The van der Waals surface area contributed by atoms with Crippen LogP contribution in [0, 0.1) is 0 Å². The molecule has 17 heavy (non-hydrogen) atoms. The molecule has 0 fully saturated rings. The van der Waals surface area contributed by atoms with E-state index in [9.17, 15) is 0 Å². The Morgan fingerprint density at radius 1 is 0.765 bits per heavy atom. The first-order chi connectivity index (χ1) is 8.12. The molecule has 0 aromatic carbocycles. The number of ether oxygens (including phenoxy) is 1. The first kappa shape index (κ1) is 16.9. The lowest BCUT2D eigenvalue weighted by Gasteiger charge is -2.29. The van der Waals surface area contributed by atoms with Crippen LogP contribution in [-0.4, -0.2) is 38.5 Å². The summed E-state index contributed by atoms with van der Waals surface area (Å²) in [5, 5.41) is 0. The van der Waals surface area contributed by atoms with Crippen molar-refractivity contribution < 1.29 is 9.22 Å². The molecule has 0 atom stereocenters. The molecule has 0 aromatic rings. The second-order valence-electron chi connectivity index (χ2n) is 5.82. The molecular formula is C15H34NO+. The lowest BCUT2D eigenvalue weighted by Crippen LogP contribution is -2.42. The monoisotopic (exact) mass is 244 g/mol. The number of unbranched alkanes of at least 4 members (excludes halogenated alkanes) is 6. The van der Waals surface area contributed by atoms with Crippen molar-refractivity contribution >= 4 is 0 Å². The predicted molar refractivity (Wildman–Crippen MR) is 76.1 cm³/mol. The second kappa shape index (κ2) is 11.0. The quantitative estimate of drug-likeness (QED) is 0.284. The van der Waals surface area contributed by atoms with Crippen molar-refractivity contribution in [2.24, 2.45) is 0 Å². The van der Waals surface area contributed by atoms with Crippen LogP contribution in [0.15, 0.2) is 0 Å². The molecule has 0 spiro atoms. The summed E-state index contributed by atoms with van der Waals surface area (Å²) >= 11 is 0. The average Bonchev–Trinajstić information content (AvgIpc) is 2.29. The van der Waals surface area contributed by atoms with Crippen LogP contribution < -0.4 is 0 Å². The van der Waals surface area contributed by atoms with Gasteiger partial charge in [0, 0.05) is 0 Å². The zero-order valence-corrected chi connectivity index (χ0v) is 12.6. The summed E-state index contributed by atoms with van der Waals surface area (Å²) in [6, 6.07) is 0. The van der Waals surface area contributed by atoms with Crippen molar-refractivity contribution in [3.8, 4) is 0 Å². The van der Waals surface area contributed by atoms with Crippen molar-refractivity contribution in [2.75, 3.05) is 34.0 Å². The van der Waals surface area contributed by atoms with Crippen LogP contribution in [0.25, 0.3) is 0 Å². The molecule has 0 aliphatic rings. The fourth-order valence-corrected chi connectivity index (χ4v) is 1.94. The van der Waals surface area contributed by atoms with Gasteiger partial charge in [0.05, 0.1) is 27.2 Å². The molecule has 104 valence electrons. The number of hydrogen-bond donors (Lipinski definition) is 0. The van der Waals surface area contributed by atoms with Crippen LogP contribution in [0.4, 0.5) is 0 Å². The Labute approximate surface area is 109 Å². The van der Waals surface area contributed by atoms with Crippen LogP contribution in [0.5, 0.6) is 0 Å². The molecular weight excluding hydrogens is 210 g/mol. The molecule has 0 aromatic heterocycles. The van der Waals surface area contributed by atoms with Crippen LogP contribution >= 0.6 is 0 Å². The topological polar surface area (TPSA) is 9.23 Å². The highest BCUT2D eigenvalue weighted by Gasteiger charge is 2.13. The minimum Gasteiger partial charge on any atom is -0.332 e. The molecule has 0 aliphatic heterocycles. The summed E-state index contributed by atoms with van der Waals surface area (Å²) in [7, 11) is 4.55. The molecule has 0 rings (SSSR count). The molecule has 0 unspecified atom stereocenters. The van der Waals surface area contributed by atoms with Crippen molar-refractivity contribution in [1.29, 1.82) is 0 Å². The number of rotatable bonds is 12. The van der Waals surface area contributed by atoms with Crippen molar-refractivity contribution in [3.63, 3.8) is 0 Å². The van der Waals surface area contributed by atoms with Crippen LogP contribution in [0.1, 0.15) is 65.2 Å². The van der Waals surface area contributed by atoms with E-state index in [4.69, 9.17) is 4.74 Å². The fraction of sp³-hybridized carbons (Fsp3) is 1.00. The van der Waals surface area contributed by atoms with Gasteiger partial charge in [0.25, 0.3) is 0 Å². The van der Waals surface area contributed by atoms with Crippen LogP contribution in [-0.2, 0) is 4.74 Å². The minimum atomic E-state index is 0.870. The van der Waals surface area contributed by atoms with E-state index in [0.29, 0.717) is 0 Å². The highest BCUT2D eigenvalue weighted by molar-refractivity contribution is 4.43. The van der Waals surface area contributed by atoms with Gasteiger partial charge in [-0.25, -0.2) is 0 Å².